The molecule has 1 saturated heterocycles. The van der Waals surface area contributed by atoms with E-state index in [1.807, 2.05) is 30.3 Å². The molecule has 1 heterocycles. The van der Waals surface area contributed by atoms with Crippen LogP contribution in [0.2, 0.25) is 0 Å². The molecule has 1 aromatic carbocycles. The van der Waals surface area contributed by atoms with Gasteiger partial charge in [-0.15, -0.1) is 0 Å². The summed E-state index contributed by atoms with van der Waals surface area (Å²) < 4.78 is 58.3. The van der Waals surface area contributed by atoms with Crippen molar-refractivity contribution in [2.75, 3.05) is 14.2 Å². The molecule has 1 unspecified atom stereocenters. The fraction of sp³-hybridized carbons (Fsp3) is 0.579. The zero-order chi connectivity index (χ0) is 19.8. The van der Waals surface area contributed by atoms with E-state index in [1.165, 1.54) is 14.2 Å². The standard InChI is InChI=1S/C19H23F2IO5/c1-18(23-3)19(2,24-4)27-17-15(25-10-11-8-6-5-7-9-11)12(20)14(22)13(21)16(17)26-18/h5-9,13,15-17H,10H2,1-4H3/t13?,15-,16-,17-,18+,19+/m1/s1. The molecule has 0 radical (unpaired) electrons. The van der Waals surface area contributed by atoms with Gasteiger partial charge in [-0.25, -0.2) is 8.78 Å². The van der Waals surface area contributed by atoms with E-state index in [9.17, 15) is 8.78 Å². The Kier molecular flexibility index (Phi) is 6.24. The molecule has 0 saturated carbocycles. The number of hydrogen-bond donors (Lipinski definition) is 0. The van der Waals surface area contributed by atoms with Crippen molar-refractivity contribution in [1.29, 1.82) is 0 Å². The van der Waals surface area contributed by atoms with Gasteiger partial charge in [0.15, 0.2) is 6.17 Å². The average molecular weight is 496 g/mol. The van der Waals surface area contributed by atoms with Gasteiger partial charge in [0.25, 0.3) is 0 Å². The topological polar surface area (TPSA) is 46.2 Å². The first-order valence-corrected chi connectivity index (χ1v) is 9.65. The molecular weight excluding hydrogens is 473 g/mol. The van der Waals surface area contributed by atoms with E-state index in [0.29, 0.717) is 0 Å². The second-order valence-electron chi connectivity index (χ2n) is 6.78. The third-order valence-electron chi connectivity index (χ3n) is 5.23. The summed E-state index contributed by atoms with van der Waals surface area (Å²) in [6.45, 7) is 3.36. The van der Waals surface area contributed by atoms with Crippen LogP contribution in [-0.2, 0) is 30.3 Å². The SMILES string of the molecule is CO[C@@]1(C)O[C@@H]2[C@H](OCc3ccccc3)C(F)=C(I)C(F)[C@H]2O[C@]1(C)OC. The van der Waals surface area contributed by atoms with Crippen molar-refractivity contribution < 1.29 is 32.5 Å². The van der Waals surface area contributed by atoms with Crippen LogP contribution >= 0.6 is 22.6 Å². The van der Waals surface area contributed by atoms with Gasteiger partial charge in [-0.2, -0.15) is 0 Å². The van der Waals surface area contributed by atoms with Crippen molar-refractivity contribution >= 4 is 22.6 Å². The fourth-order valence-corrected chi connectivity index (χ4v) is 3.94. The van der Waals surface area contributed by atoms with Crippen LogP contribution in [0.1, 0.15) is 19.4 Å². The normalized spacial score (nSPS) is 39.4. The van der Waals surface area contributed by atoms with Crippen molar-refractivity contribution in [2.24, 2.45) is 0 Å². The van der Waals surface area contributed by atoms with Gasteiger partial charge in [0, 0.05) is 14.2 Å². The summed E-state index contributed by atoms with van der Waals surface area (Å²) in [5, 5.41) is 0. The molecule has 2 aliphatic rings. The molecule has 0 aromatic heterocycles. The average Bonchev–Trinajstić information content (AvgIpc) is 2.69. The highest BCUT2D eigenvalue weighted by Crippen LogP contribution is 2.47. The summed E-state index contributed by atoms with van der Waals surface area (Å²) in [7, 11) is 2.84. The summed E-state index contributed by atoms with van der Waals surface area (Å²) in [6, 6.07) is 9.34. The first kappa shape index (κ1) is 21.1. The van der Waals surface area contributed by atoms with Crippen LogP contribution in [0.5, 0.6) is 0 Å². The zero-order valence-electron chi connectivity index (χ0n) is 15.6. The van der Waals surface area contributed by atoms with Crippen LogP contribution < -0.4 is 0 Å². The maximum Gasteiger partial charge on any atom is 0.220 e. The summed E-state index contributed by atoms with van der Waals surface area (Å²) in [6.07, 6.45) is -4.94. The van der Waals surface area contributed by atoms with Crippen LogP contribution in [0.4, 0.5) is 8.78 Å². The molecule has 27 heavy (non-hydrogen) atoms. The zero-order valence-corrected chi connectivity index (χ0v) is 17.7. The molecule has 5 nitrogen and oxygen atoms in total. The Labute approximate surface area is 171 Å². The van der Waals surface area contributed by atoms with Gasteiger partial charge in [-0.05, 0) is 42.0 Å². The molecule has 1 fully saturated rings. The van der Waals surface area contributed by atoms with Gasteiger partial charge >= 0.3 is 0 Å². The molecule has 0 spiro atoms. The second-order valence-corrected chi connectivity index (χ2v) is 7.94. The van der Waals surface area contributed by atoms with Crippen molar-refractivity contribution in [3.8, 4) is 0 Å². The largest absolute Gasteiger partial charge is 0.364 e. The number of rotatable bonds is 5. The molecule has 6 atom stereocenters. The maximum absolute atomic E-state index is 14.9. The molecule has 1 aliphatic carbocycles. The molecule has 0 amide bonds. The van der Waals surface area contributed by atoms with E-state index in [4.69, 9.17) is 23.7 Å². The molecule has 1 aromatic rings. The summed E-state index contributed by atoms with van der Waals surface area (Å²) >= 11 is 1.65. The number of benzene rings is 1. The van der Waals surface area contributed by atoms with Crippen LogP contribution in [0.3, 0.4) is 0 Å². The van der Waals surface area contributed by atoms with E-state index in [1.54, 1.807) is 36.4 Å². The summed E-state index contributed by atoms with van der Waals surface area (Å²) in [5.74, 6) is -3.44. The predicted molar refractivity (Wildman–Crippen MR) is 103 cm³/mol. The molecule has 3 rings (SSSR count). The number of hydrogen-bond acceptors (Lipinski definition) is 5. The number of ether oxygens (including phenoxy) is 5. The van der Waals surface area contributed by atoms with E-state index in [-0.39, 0.29) is 10.2 Å². The first-order chi connectivity index (χ1) is 12.8. The Bertz CT molecular complexity index is 703. The van der Waals surface area contributed by atoms with Crippen LogP contribution in [0.25, 0.3) is 0 Å². The van der Waals surface area contributed by atoms with Crippen LogP contribution in [0, 0.1) is 0 Å². The fourth-order valence-electron chi connectivity index (χ4n) is 3.28. The minimum Gasteiger partial charge on any atom is -0.364 e. The van der Waals surface area contributed by atoms with E-state index < -0.39 is 41.9 Å². The lowest BCUT2D eigenvalue weighted by atomic mass is 9.91. The van der Waals surface area contributed by atoms with E-state index >= 15 is 0 Å². The Morgan fingerprint density at radius 3 is 2.15 bits per heavy atom. The molecule has 1 aliphatic heterocycles. The van der Waals surface area contributed by atoms with Crippen LogP contribution in [-0.4, -0.2) is 50.3 Å². The number of halogens is 3. The molecule has 150 valence electrons. The van der Waals surface area contributed by atoms with E-state index in [2.05, 4.69) is 0 Å². The third kappa shape index (κ3) is 3.67. The Morgan fingerprint density at radius 1 is 1.04 bits per heavy atom. The second kappa shape index (κ2) is 8.00. The maximum atomic E-state index is 14.9. The van der Waals surface area contributed by atoms with Gasteiger partial charge in [0.1, 0.15) is 24.1 Å². The Morgan fingerprint density at radius 2 is 1.59 bits per heavy atom. The molecule has 8 heteroatoms. The Balaban J connectivity index is 1.91. The quantitative estimate of drug-likeness (QED) is 0.576. The first-order valence-electron chi connectivity index (χ1n) is 8.57. The van der Waals surface area contributed by atoms with Crippen LogP contribution in [0.15, 0.2) is 39.7 Å². The number of methoxy groups -OCH3 is 2. The monoisotopic (exact) mass is 496 g/mol. The highest BCUT2D eigenvalue weighted by molar-refractivity contribution is 14.1. The highest BCUT2D eigenvalue weighted by Gasteiger charge is 2.62. The van der Waals surface area contributed by atoms with Gasteiger partial charge in [-0.3, -0.25) is 0 Å². The Hall–Kier alpha value is -0.650. The van der Waals surface area contributed by atoms with E-state index in [0.717, 1.165) is 5.56 Å². The van der Waals surface area contributed by atoms with Crippen molar-refractivity contribution in [1.82, 2.24) is 0 Å². The highest BCUT2D eigenvalue weighted by atomic mass is 127. The minimum absolute atomic E-state index is 0.0880. The summed E-state index contributed by atoms with van der Waals surface area (Å²) in [5.41, 5.74) is 0.868. The number of fused-ring (bicyclic) bond motifs is 1. The minimum atomic E-state index is -1.69. The lowest BCUT2D eigenvalue weighted by Crippen LogP contribution is -2.69. The molecule has 0 bridgehead atoms. The van der Waals surface area contributed by atoms with Gasteiger partial charge in [0.05, 0.1) is 10.2 Å². The van der Waals surface area contributed by atoms with Gasteiger partial charge in [0.2, 0.25) is 11.6 Å². The number of alkyl halides is 1. The van der Waals surface area contributed by atoms with Crippen molar-refractivity contribution in [3.63, 3.8) is 0 Å². The lowest BCUT2D eigenvalue weighted by Gasteiger charge is -2.54. The molecule has 0 N–H and O–H groups in total. The lowest BCUT2D eigenvalue weighted by molar-refractivity contribution is -0.458. The molecular formula is C19H23F2IO5. The van der Waals surface area contributed by atoms with Crippen molar-refractivity contribution in [2.45, 2.75) is 56.5 Å². The van der Waals surface area contributed by atoms with Gasteiger partial charge < -0.3 is 23.7 Å². The van der Waals surface area contributed by atoms with Gasteiger partial charge in [-0.1, -0.05) is 30.3 Å². The summed E-state index contributed by atoms with van der Waals surface area (Å²) in [4.78, 5) is 0. The van der Waals surface area contributed by atoms with Crippen molar-refractivity contribution in [3.05, 3.63) is 45.3 Å². The third-order valence-corrected chi connectivity index (χ3v) is 6.34. The predicted octanol–water partition coefficient (Wildman–Crippen LogP) is 4.05. The smallest absolute Gasteiger partial charge is 0.220 e.